The van der Waals surface area contributed by atoms with E-state index in [0.717, 1.165) is 26.5 Å². The van der Waals surface area contributed by atoms with Gasteiger partial charge < -0.3 is 9.72 Å². The number of ether oxygens (including phenoxy) is 1. The van der Waals surface area contributed by atoms with Crippen LogP contribution in [0.25, 0.3) is 10.9 Å². The molecule has 4 rings (SSSR count). The van der Waals surface area contributed by atoms with Gasteiger partial charge in [-0.2, -0.15) is 0 Å². The number of rotatable bonds is 3. The number of fused-ring (bicyclic) bond motifs is 2. The second-order valence-corrected chi connectivity index (χ2v) is 7.60. The Morgan fingerprint density at radius 3 is 2.96 bits per heavy atom. The maximum atomic E-state index is 11.2. The van der Waals surface area contributed by atoms with Crippen molar-refractivity contribution >= 4 is 26.8 Å². The van der Waals surface area contributed by atoms with Crippen LogP contribution in [0.2, 0.25) is 0 Å². The largest absolute Gasteiger partial charge is 0.482 e. The summed E-state index contributed by atoms with van der Waals surface area (Å²) in [6.45, 7) is 1.91. The van der Waals surface area contributed by atoms with E-state index in [4.69, 9.17) is 4.74 Å². The molecule has 3 aromatic rings. The van der Waals surface area contributed by atoms with Crippen LogP contribution in [0.1, 0.15) is 30.4 Å². The summed E-state index contributed by atoms with van der Waals surface area (Å²) in [7, 11) is 0. The molecule has 6 heteroatoms. The molecule has 0 spiro atoms. The van der Waals surface area contributed by atoms with Gasteiger partial charge in [0, 0.05) is 44.0 Å². The van der Waals surface area contributed by atoms with Crippen LogP contribution >= 0.6 is 15.9 Å². The van der Waals surface area contributed by atoms with Gasteiger partial charge in [0.2, 0.25) is 6.54 Å². The monoisotopic (exact) mass is 400 g/mol. The lowest BCUT2D eigenvalue weighted by atomic mass is 9.79. The number of hydrogen-bond donors (Lipinski definition) is 1. The number of para-hydroxylation sites is 1. The van der Waals surface area contributed by atoms with Gasteiger partial charge in [-0.3, -0.25) is 10.1 Å². The average molecular weight is 401 g/mol. The number of nitrogens with one attached hydrogen (secondary N) is 1. The molecule has 0 aliphatic carbocycles. The zero-order valence-corrected chi connectivity index (χ0v) is 15.2. The Kier molecular flexibility index (Phi) is 3.80. The minimum Gasteiger partial charge on any atom is -0.482 e. The van der Waals surface area contributed by atoms with E-state index in [-0.39, 0.29) is 17.4 Å². The van der Waals surface area contributed by atoms with Crippen LogP contribution in [0.5, 0.6) is 5.75 Å². The third-order valence-corrected chi connectivity index (χ3v) is 5.40. The van der Waals surface area contributed by atoms with Crippen LogP contribution in [0, 0.1) is 10.1 Å². The summed E-state index contributed by atoms with van der Waals surface area (Å²) in [4.78, 5) is 14.3. The molecule has 1 aliphatic rings. The molecule has 0 saturated carbocycles. The van der Waals surface area contributed by atoms with E-state index < -0.39 is 5.60 Å². The van der Waals surface area contributed by atoms with Gasteiger partial charge in [0.1, 0.15) is 11.4 Å². The summed E-state index contributed by atoms with van der Waals surface area (Å²) in [5.41, 5.74) is 2.34. The Morgan fingerprint density at radius 1 is 1.36 bits per heavy atom. The van der Waals surface area contributed by atoms with Crippen molar-refractivity contribution < 1.29 is 9.66 Å². The molecule has 128 valence electrons. The second kappa shape index (κ2) is 5.88. The van der Waals surface area contributed by atoms with Gasteiger partial charge >= 0.3 is 0 Å². The summed E-state index contributed by atoms with van der Waals surface area (Å²) in [6.07, 6.45) is 2.51. The molecule has 0 radical (unpaired) electrons. The maximum absolute atomic E-state index is 11.2. The molecule has 1 aliphatic heterocycles. The molecule has 1 aromatic heterocycles. The van der Waals surface area contributed by atoms with Crippen LogP contribution in [-0.4, -0.2) is 16.5 Å². The quantitative estimate of drug-likeness (QED) is 0.497. The van der Waals surface area contributed by atoms with Crippen LogP contribution in [0.15, 0.2) is 53.1 Å². The highest BCUT2D eigenvalue weighted by Crippen LogP contribution is 2.47. The summed E-state index contributed by atoms with van der Waals surface area (Å²) in [5.74, 6) is 0.518. The Labute approximate surface area is 153 Å². The molecule has 2 heterocycles. The summed E-state index contributed by atoms with van der Waals surface area (Å²) >= 11 is 3.45. The fraction of sp³-hybridized carbons (Fsp3) is 0.263. The summed E-state index contributed by atoms with van der Waals surface area (Å²) in [6, 6.07) is 13.8. The molecule has 0 amide bonds. The lowest BCUT2D eigenvalue weighted by Crippen LogP contribution is -2.37. The first-order valence-electron chi connectivity index (χ1n) is 8.13. The van der Waals surface area contributed by atoms with Crippen molar-refractivity contribution in [2.75, 3.05) is 6.54 Å². The minimum absolute atomic E-state index is 0.106. The zero-order chi connectivity index (χ0) is 17.6. The molecule has 0 bridgehead atoms. The van der Waals surface area contributed by atoms with Crippen LogP contribution < -0.4 is 4.74 Å². The van der Waals surface area contributed by atoms with Crippen molar-refractivity contribution in [3.8, 4) is 5.75 Å². The van der Waals surface area contributed by atoms with Crippen LogP contribution in [0.3, 0.4) is 0 Å². The lowest BCUT2D eigenvalue weighted by Gasteiger charge is -2.39. The average Bonchev–Trinajstić information content (AvgIpc) is 3.00. The van der Waals surface area contributed by atoms with Gasteiger partial charge in [-0.25, -0.2) is 0 Å². The highest BCUT2D eigenvalue weighted by atomic mass is 79.9. The fourth-order valence-corrected chi connectivity index (χ4v) is 4.19. The Hall–Kier alpha value is -2.34. The number of aromatic amines is 1. The maximum Gasteiger partial charge on any atom is 0.210 e. The van der Waals surface area contributed by atoms with E-state index in [1.54, 1.807) is 0 Å². The predicted molar refractivity (Wildman–Crippen MR) is 99.6 cm³/mol. The van der Waals surface area contributed by atoms with Gasteiger partial charge in [0.05, 0.1) is 5.92 Å². The highest BCUT2D eigenvalue weighted by molar-refractivity contribution is 9.10. The van der Waals surface area contributed by atoms with Crippen molar-refractivity contribution in [1.29, 1.82) is 0 Å². The number of hydrogen-bond acceptors (Lipinski definition) is 3. The van der Waals surface area contributed by atoms with E-state index in [2.05, 4.69) is 27.0 Å². The third kappa shape index (κ3) is 2.80. The van der Waals surface area contributed by atoms with Crippen molar-refractivity contribution in [3.63, 3.8) is 0 Å². The molecule has 0 fully saturated rings. The molecule has 1 N–H and O–H groups in total. The van der Waals surface area contributed by atoms with E-state index in [9.17, 15) is 10.1 Å². The topological polar surface area (TPSA) is 68.2 Å². The smallest absolute Gasteiger partial charge is 0.210 e. The number of benzene rings is 2. The molecular formula is C19H17BrN2O3. The molecule has 2 atom stereocenters. The van der Waals surface area contributed by atoms with Crippen molar-refractivity contribution in [2.24, 2.45) is 0 Å². The Morgan fingerprint density at radius 2 is 2.16 bits per heavy atom. The summed E-state index contributed by atoms with van der Waals surface area (Å²) < 4.78 is 7.28. The standard InChI is InChI=1S/C19H17BrN2O3/c1-19(16-10-21-17-5-3-2-4-14(16)17)9-12(11-22(23)24)15-8-13(20)6-7-18(15)25-19/h2-8,10,12,21H,9,11H2,1H3/t12-,19-/m1/s1. The molecule has 0 saturated heterocycles. The second-order valence-electron chi connectivity index (χ2n) is 6.68. The van der Waals surface area contributed by atoms with E-state index >= 15 is 0 Å². The SMILES string of the molecule is C[C@]1(c2c[nH]c3ccccc23)C[C@H](C[N+](=O)[O-])c2cc(Br)ccc2O1. The van der Waals surface area contributed by atoms with Crippen LogP contribution in [-0.2, 0) is 5.60 Å². The number of nitro groups is 1. The highest BCUT2D eigenvalue weighted by Gasteiger charge is 2.42. The predicted octanol–water partition coefficient (Wildman–Crippen LogP) is 4.99. The molecule has 2 aromatic carbocycles. The Bertz CT molecular complexity index is 968. The van der Waals surface area contributed by atoms with E-state index in [0.29, 0.717) is 12.2 Å². The summed E-state index contributed by atoms with van der Waals surface area (Å²) in [5, 5.41) is 12.3. The third-order valence-electron chi connectivity index (χ3n) is 4.91. The zero-order valence-electron chi connectivity index (χ0n) is 13.7. The first-order chi connectivity index (χ1) is 12.0. The number of nitrogens with zero attached hydrogens (tertiary/aromatic N) is 1. The number of H-pyrrole nitrogens is 1. The lowest BCUT2D eigenvalue weighted by molar-refractivity contribution is -0.484. The van der Waals surface area contributed by atoms with Gasteiger partial charge in [-0.15, -0.1) is 0 Å². The number of halogens is 1. The minimum atomic E-state index is -0.624. The van der Waals surface area contributed by atoms with Gasteiger partial charge in [0.25, 0.3) is 0 Å². The molecule has 25 heavy (non-hydrogen) atoms. The molecule has 5 nitrogen and oxygen atoms in total. The van der Waals surface area contributed by atoms with E-state index in [1.807, 2.05) is 49.5 Å². The van der Waals surface area contributed by atoms with E-state index in [1.165, 1.54) is 0 Å². The van der Waals surface area contributed by atoms with Crippen molar-refractivity contribution in [2.45, 2.75) is 24.9 Å². The van der Waals surface area contributed by atoms with Gasteiger partial charge in [-0.05, 0) is 31.2 Å². The van der Waals surface area contributed by atoms with Crippen molar-refractivity contribution in [1.82, 2.24) is 4.98 Å². The van der Waals surface area contributed by atoms with Gasteiger partial charge in [0.15, 0.2) is 0 Å². The molecule has 0 unspecified atom stereocenters. The van der Waals surface area contributed by atoms with Crippen LogP contribution in [0.4, 0.5) is 0 Å². The first-order valence-corrected chi connectivity index (χ1v) is 8.92. The molecular weight excluding hydrogens is 384 g/mol. The van der Waals surface area contributed by atoms with Gasteiger partial charge in [-0.1, -0.05) is 34.1 Å². The number of aromatic nitrogens is 1. The normalized spacial score (nSPS) is 22.4. The van der Waals surface area contributed by atoms with Crippen molar-refractivity contribution in [3.05, 3.63) is 74.4 Å². The Balaban J connectivity index is 1.83. The first kappa shape index (κ1) is 16.1. The fourth-order valence-electron chi connectivity index (χ4n) is 3.81.